The lowest BCUT2D eigenvalue weighted by molar-refractivity contribution is -0.0398. The highest BCUT2D eigenvalue weighted by atomic mass is 14.9. The van der Waals surface area contributed by atoms with E-state index in [9.17, 15) is 0 Å². The van der Waals surface area contributed by atoms with Crippen molar-refractivity contribution in [3.05, 3.63) is 181 Å². The summed E-state index contributed by atoms with van der Waals surface area (Å²) in [4.78, 5) is 10.7. The average molecular weight is 719 g/mol. The van der Waals surface area contributed by atoms with Gasteiger partial charge in [0.1, 0.15) is 0 Å². The summed E-state index contributed by atoms with van der Waals surface area (Å²) in [7, 11) is 0. The predicted molar refractivity (Wildman–Crippen MR) is 230 cm³/mol. The Morgan fingerprint density at radius 1 is 0.375 bits per heavy atom. The van der Waals surface area contributed by atoms with Gasteiger partial charge in [-0.1, -0.05) is 152 Å². The molecular formula is C54H42N2. The maximum absolute atomic E-state index is 5.40. The zero-order valence-corrected chi connectivity index (χ0v) is 31.4. The van der Waals surface area contributed by atoms with Crippen molar-refractivity contribution in [3.8, 4) is 67.3 Å². The summed E-state index contributed by atoms with van der Waals surface area (Å²) in [5.74, 6) is 3.94. The minimum absolute atomic E-state index is 0.0801. The van der Waals surface area contributed by atoms with E-state index in [0.29, 0.717) is 11.8 Å². The van der Waals surface area contributed by atoms with Gasteiger partial charge in [-0.2, -0.15) is 0 Å². The molecule has 0 radical (unpaired) electrons. The molecule has 2 nitrogen and oxygen atoms in total. The molecule has 1 spiro atoms. The van der Waals surface area contributed by atoms with Crippen molar-refractivity contribution in [2.75, 3.05) is 0 Å². The fourth-order valence-corrected chi connectivity index (χ4v) is 12.1. The molecule has 56 heavy (non-hydrogen) atoms. The summed E-state index contributed by atoms with van der Waals surface area (Å²) in [5.41, 5.74) is 16.1. The molecule has 0 saturated heterocycles. The van der Waals surface area contributed by atoms with Crippen molar-refractivity contribution in [1.29, 1.82) is 0 Å². The molecule has 0 amide bonds. The van der Waals surface area contributed by atoms with E-state index in [-0.39, 0.29) is 5.41 Å². The minimum atomic E-state index is 0.0801. The quantitative estimate of drug-likeness (QED) is 0.177. The number of nitrogens with zero attached hydrogens (tertiary/aromatic N) is 2. The van der Waals surface area contributed by atoms with Gasteiger partial charge in [-0.25, -0.2) is 9.97 Å². The first-order valence-electron chi connectivity index (χ1n) is 20.6. The third-order valence-electron chi connectivity index (χ3n) is 14.1. The van der Waals surface area contributed by atoms with E-state index >= 15 is 0 Å². The number of aromatic nitrogens is 2. The van der Waals surface area contributed by atoms with Gasteiger partial charge in [-0.15, -0.1) is 0 Å². The molecule has 8 aromatic rings. The summed E-state index contributed by atoms with van der Waals surface area (Å²) >= 11 is 0. The van der Waals surface area contributed by atoms with E-state index in [1.807, 2.05) is 0 Å². The molecule has 5 aliphatic rings. The first-order chi connectivity index (χ1) is 27.7. The molecule has 5 aliphatic carbocycles. The first-order valence-corrected chi connectivity index (χ1v) is 20.6. The Hall–Kier alpha value is -6.12. The summed E-state index contributed by atoms with van der Waals surface area (Å²) in [6, 6.07) is 62.4. The smallest absolute Gasteiger partial charge is 0.160 e. The van der Waals surface area contributed by atoms with Crippen molar-refractivity contribution in [1.82, 2.24) is 9.97 Å². The molecule has 4 saturated carbocycles. The van der Waals surface area contributed by atoms with E-state index < -0.39 is 0 Å². The van der Waals surface area contributed by atoms with Crippen LogP contribution in [0.1, 0.15) is 43.2 Å². The molecule has 13 rings (SSSR count). The molecule has 1 aromatic heterocycles. The normalized spacial score (nSPS) is 22.7. The van der Waals surface area contributed by atoms with Crippen LogP contribution in [0.5, 0.6) is 0 Å². The topological polar surface area (TPSA) is 25.8 Å². The first kappa shape index (κ1) is 32.2. The van der Waals surface area contributed by atoms with Gasteiger partial charge >= 0.3 is 0 Å². The molecule has 0 N–H and O–H groups in total. The van der Waals surface area contributed by atoms with Crippen molar-refractivity contribution >= 4 is 10.8 Å². The molecule has 268 valence electrons. The molecule has 4 bridgehead atoms. The number of fused-ring (bicyclic) bond motifs is 4. The monoisotopic (exact) mass is 718 g/mol. The van der Waals surface area contributed by atoms with Crippen molar-refractivity contribution in [3.63, 3.8) is 0 Å². The van der Waals surface area contributed by atoms with Gasteiger partial charge in [0.2, 0.25) is 0 Å². The van der Waals surface area contributed by atoms with Crippen LogP contribution in [0.3, 0.4) is 0 Å². The highest BCUT2D eigenvalue weighted by Crippen LogP contribution is 2.70. The van der Waals surface area contributed by atoms with E-state index in [1.54, 1.807) is 11.1 Å². The van der Waals surface area contributed by atoms with E-state index in [0.717, 1.165) is 51.3 Å². The molecule has 7 aromatic carbocycles. The van der Waals surface area contributed by atoms with Crippen LogP contribution in [-0.2, 0) is 5.41 Å². The number of hydrogen-bond donors (Lipinski definition) is 0. The van der Waals surface area contributed by atoms with Crippen LogP contribution in [0.2, 0.25) is 0 Å². The fraction of sp³-hybridized carbons (Fsp3) is 0.185. The lowest BCUT2D eigenvalue weighted by Gasteiger charge is -2.61. The molecule has 2 heteroatoms. The second-order valence-electron chi connectivity index (χ2n) is 16.9. The number of rotatable bonds is 5. The Bertz CT molecular complexity index is 2790. The van der Waals surface area contributed by atoms with Gasteiger partial charge in [0.15, 0.2) is 5.82 Å². The third-order valence-corrected chi connectivity index (χ3v) is 14.1. The molecule has 0 atom stereocenters. The number of hydrogen-bond acceptors (Lipinski definition) is 2. The van der Waals surface area contributed by atoms with Gasteiger partial charge in [0.05, 0.1) is 11.4 Å². The minimum Gasteiger partial charge on any atom is -0.228 e. The van der Waals surface area contributed by atoms with Crippen LogP contribution in [0.4, 0.5) is 0 Å². The van der Waals surface area contributed by atoms with Gasteiger partial charge < -0.3 is 0 Å². The summed E-state index contributed by atoms with van der Waals surface area (Å²) in [6.45, 7) is 0. The fourth-order valence-electron chi connectivity index (χ4n) is 12.1. The van der Waals surface area contributed by atoms with E-state index in [2.05, 4.69) is 170 Å². The van der Waals surface area contributed by atoms with Crippen LogP contribution in [0.15, 0.2) is 170 Å². The van der Waals surface area contributed by atoms with Crippen LogP contribution in [0, 0.1) is 23.7 Å². The van der Waals surface area contributed by atoms with Gasteiger partial charge in [0, 0.05) is 22.1 Å². The van der Waals surface area contributed by atoms with Gasteiger partial charge in [-0.3, -0.25) is 0 Å². The molecule has 4 fully saturated rings. The second-order valence-corrected chi connectivity index (χ2v) is 16.9. The van der Waals surface area contributed by atoms with Crippen molar-refractivity contribution in [2.24, 2.45) is 23.7 Å². The average Bonchev–Trinajstić information content (AvgIpc) is 3.54. The Morgan fingerprint density at radius 2 is 0.893 bits per heavy atom. The molecular weight excluding hydrogens is 677 g/mol. The van der Waals surface area contributed by atoms with E-state index in [4.69, 9.17) is 9.97 Å². The Kier molecular flexibility index (Phi) is 7.15. The van der Waals surface area contributed by atoms with Crippen molar-refractivity contribution in [2.45, 2.75) is 37.5 Å². The zero-order chi connectivity index (χ0) is 36.8. The summed E-state index contributed by atoms with van der Waals surface area (Å²) in [6.07, 6.45) is 6.94. The number of benzene rings is 7. The maximum atomic E-state index is 5.40. The summed E-state index contributed by atoms with van der Waals surface area (Å²) in [5, 5.41) is 2.69. The van der Waals surface area contributed by atoms with Gasteiger partial charge in [-0.05, 0) is 129 Å². The van der Waals surface area contributed by atoms with Crippen molar-refractivity contribution < 1.29 is 0 Å². The Labute approximate surface area is 329 Å². The molecule has 0 aliphatic heterocycles. The highest BCUT2D eigenvalue weighted by molar-refractivity contribution is 6.01. The van der Waals surface area contributed by atoms with Crippen LogP contribution < -0.4 is 0 Å². The van der Waals surface area contributed by atoms with E-state index in [1.165, 1.54) is 70.7 Å². The second kappa shape index (κ2) is 12.4. The largest absolute Gasteiger partial charge is 0.228 e. The Balaban J connectivity index is 1.10. The third kappa shape index (κ3) is 4.75. The molecule has 1 heterocycles. The lowest BCUT2D eigenvalue weighted by atomic mass is 9.43. The van der Waals surface area contributed by atoms with Crippen LogP contribution in [0.25, 0.3) is 78.1 Å². The summed E-state index contributed by atoms with van der Waals surface area (Å²) < 4.78 is 0. The van der Waals surface area contributed by atoms with Crippen LogP contribution >= 0.6 is 0 Å². The Morgan fingerprint density at radius 3 is 1.55 bits per heavy atom. The lowest BCUT2D eigenvalue weighted by Crippen LogP contribution is -2.55. The zero-order valence-electron chi connectivity index (χ0n) is 31.4. The predicted octanol–water partition coefficient (Wildman–Crippen LogP) is 13.7. The highest BCUT2D eigenvalue weighted by Gasteiger charge is 2.61. The standard InChI is InChI=1S/C54H42N2/c1-3-14-36(15-4-1)42-20-9-11-22-44(42)50-33-51(56-53(55-50)37-16-5-2-6-17-37)45-23-12-10-21-43(45)46-24-13-25-48-52(46)47-31-38-18-7-8-19-39(38)32-49(47)54(48)40-27-34-26-35(29-40)30-41(54)28-34/h1-25,31-35,40-41H,26-30H2. The SMILES string of the molecule is c1ccc(-c2nc(-c3ccccc3-c3ccccc3)cc(-c3ccccc3-c3cccc4c3-c3cc5ccccc5cc3C43C4CC5CC(C4)CC3C5)n2)cc1. The maximum Gasteiger partial charge on any atom is 0.160 e. The van der Waals surface area contributed by atoms with Crippen LogP contribution in [-0.4, -0.2) is 9.97 Å². The molecule has 0 unspecified atom stereocenters. The van der Waals surface area contributed by atoms with Gasteiger partial charge in [0.25, 0.3) is 0 Å².